The van der Waals surface area contributed by atoms with E-state index in [4.69, 9.17) is 11.6 Å². The van der Waals surface area contributed by atoms with E-state index in [0.29, 0.717) is 29.4 Å². The zero-order valence-corrected chi connectivity index (χ0v) is 14.2. The molecule has 0 aliphatic carbocycles. The summed E-state index contributed by atoms with van der Waals surface area (Å²) in [5.41, 5.74) is 0.959. The van der Waals surface area contributed by atoms with Crippen LogP contribution < -0.4 is 10.6 Å². The predicted octanol–water partition coefficient (Wildman–Crippen LogP) is 3.85. The third kappa shape index (κ3) is 4.94. The van der Waals surface area contributed by atoms with Crippen LogP contribution in [0.3, 0.4) is 0 Å². The smallest absolute Gasteiger partial charge is 0.271 e. The molecule has 0 fully saturated rings. The van der Waals surface area contributed by atoms with Gasteiger partial charge in [-0.3, -0.25) is 14.9 Å². The molecular formula is C15H13BrClN3O3. The molecule has 0 saturated heterocycles. The Morgan fingerprint density at radius 1 is 1.22 bits per heavy atom. The van der Waals surface area contributed by atoms with Gasteiger partial charge >= 0.3 is 0 Å². The average molecular weight is 399 g/mol. The van der Waals surface area contributed by atoms with E-state index in [-0.39, 0.29) is 11.6 Å². The second-order valence-corrected chi connectivity index (χ2v) is 5.94. The number of rotatable bonds is 6. The van der Waals surface area contributed by atoms with Crippen LogP contribution in [-0.2, 0) is 0 Å². The van der Waals surface area contributed by atoms with Crippen LogP contribution >= 0.6 is 27.5 Å². The fourth-order valence-electron chi connectivity index (χ4n) is 1.87. The van der Waals surface area contributed by atoms with Gasteiger partial charge in [-0.25, -0.2) is 0 Å². The number of hydrogen-bond donors (Lipinski definition) is 2. The summed E-state index contributed by atoms with van der Waals surface area (Å²) >= 11 is 9.29. The molecule has 2 aromatic carbocycles. The minimum Gasteiger partial charge on any atom is -0.382 e. The molecule has 1 amide bonds. The van der Waals surface area contributed by atoms with Gasteiger partial charge in [0, 0.05) is 35.3 Å². The molecule has 0 atom stereocenters. The molecule has 0 unspecified atom stereocenters. The summed E-state index contributed by atoms with van der Waals surface area (Å²) in [5.74, 6) is -0.196. The number of carbonyl (C=O) groups is 1. The number of non-ortho nitro benzene ring substituents is 1. The van der Waals surface area contributed by atoms with Gasteiger partial charge in [0.25, 0.3) is 11.6 Å². The number of nitro groups is 1. The Hall–Kier alpha value is -2.12. The average Bonchev–Trinajstić information content (AvgIpc) is 2.52. The highest BCUT2D eigenvalue weighted by Crippen LogP contribution is 2.26. The first-order chi connectivity index (χ1) is 11.0. The highest BCUT2D eigenvalue weighted by Gasteiger charge is 2.09. The number of nitrogens with one attached hydrogen (secondary N) is 2. The van der Waals surface area contributed by atoms with Gasteiger partial charge in [-0.05, 0) is 24.3 Å². The van der Waals surface area contributed by atoms with Crippen LogP contribution in [0.4, 0.5) is 11.4 Å². The Morgan fingerprint density at radius 2 is 2.00 bits per heavy atom. The SMILES string of the molecule is O=C(NCCNc1cc([N+](=O)[O-])ccc1Cl)c1cccc(Br)c1. The fraction of sp³-hybridized carbons (Fsp3) is 0.133. The normalized spacial score (nSPS) is 10.2. The maximum Gasteiger partial charge on any atom is 0.271 e. The zero-order chi connectivity index (χ0) is 16.8. The summed E-state index contributed by atoms with van der Waals surface area (Å²) in [4.78, 5) is 22.2. The maximum atomic E-state index is 11.9. The minimum atomic E-state index is -0.490. The van der Waals surface area contributed by atoms with Crippen molar-refractivity contribution < 1.29 is 9.72 Å². The van der Waals surface area contributed by atoms with E-state index in [1.54, 1.807) is 18.2 Å². The van der Waals surface area contributed by atoms with E-state index in [0.717, 1.165) is 4.47 Å². The number of amides is 1. The molecule has 8 heteroatoms. The first-order valence-corrected chi connectivity index (χ1v) is 7.86. The van der Waals surface area contributed by atoms with Gasteiger partial charge in [-0.2, -0.15) is 0 Å². The van der Waals surface area contributed by atoms with Gasteiger partial charge in [0.2, 0.25) is 0 Å². The molecule has 2 rings (SSSR count). The Kier molecular flexibility index (Phi) is 5.95. The Morgan fingerprint density at radius 3 is 2.70 bits per heavy atom. The summed E-state index contributed by atoms with van der Waals surface area (Å²) in [6.07, 6.45) is 0. The molecule has 2 aromatic rings. The minimum absolute atomic E-state index is 0.0462. The summed E-state index contributed by atoms with van der Waals surface area (Å²) in [6, 6.07) is 11.2. The quantitative estimate of drug-likeness (QED) is 0.440. The molecule has 120 valence electrons. The number of carbonyl (C=O) groups excluding carboxylic acids is 1. The van der Waals surface area contributed by atoms with Gasteiger partial charge in [-0.1, -0.05) is 33.6 Å². The molecule has 0 spiro atoms. The van der Waals surface area contributed by atoms with Crippen LogP contribution in [0.15, 0.2) is 46.9 Å². The first-order valence-electron chi connectivity index (χ1n) is 6.69. The lowest BCUT2D eigenvalue weighted by molar-refractivity contribution is -0.384. The van der Waals surface area contributed by atoms with E-state index >= 15 is 0 Å². The summed E-state index contributed by atoms with van der Waals surface area (Å²) in [6.45, 7) is 0.741. The summed E-state index contributed by atoms with van der Waals surface area (Å²) in [7, 11) is 0. The van der Waals surface area contributed by atoms with Crippen LogP contribution in [0.2, 0.25) is 5.02 Å². The van der Waals surface area contributed by atoms with Gasteiger partial charge in [0.05, 0.1) is 15.6 Å². The molecular weight excluding hydrogens is 386 g/mol. The topological polar surface area (TPSA) is 84.3 Å². The van der Waals surface area contributed by atoms with Crippen molar-refractivity contribution >= 4 is 44.8 Å². The number of nitrogens with zero attached hydrogens (tertiary/aromatic N) is 1. The summed E-state index contributed by atoms with van der Waals surface area (Å²) in [5, 5.41) is 16.8. The highest BCUT2D eigenvalue weighted by molar-refractivity contribution is 9.10. The van der Waals surface area contributed by atoms with Crippen molar-refractivity contribution in [1.29, 1.82) is 0 Å². The first kappa shape index (κ1) is 17.2. The van der Waals surface area contributed by atoms with E-state index in [2.05, 4.69) is 26.6 Å². The van der Waals surface area contributed by atoms with Gasteiger partial charge in [0.1, 0.15) is 0 Å². The second kappa shape index (κ2) is 7.94. The number of halogens is 2. The zero-order valence-electron chi connectivity index (χ0n) is 11.9. The van der Waals surface area contributed by atoms with Crippen LogP contribution in [-0.4, -0.2) is 23.9 Å². The van der Waals surface area contributed by atoms with Crippen LogP contribution in [0.5, 0.6) is 0 Å². The molecule has 0 aromatic heterocycles. The third-order valence-corrected chi connectivity index (χ3v) is 3.80. The molecule has 0 saturated carbocycles. The Balaban J connectivity index is 1.87. The van der Waals surface area contributed by atoms with Crippen LogP contribution in [0, 0.1) is 10.1 Å². The molecule has 0 heterocycles. The third-order valence-electron chi connectivity index (χ3n) is 2.97. The van der Waals surface area contributed by atoms with Crippen molar-refractivity contribution in [2.75, 3.05) is 18.4 Å². The van der Waals surface area contributed by atoms with E-state index < -0.39 is 4.92 Å². The van der Waals surface area contributed by atoms with E-state index in [9.17, 15) is 14.9 Å². The lowest BCUT2D eigenvalue weighted by Gasteiger charge is -2.09. The molecule has 0 radical (unpaired) electrons. The number of benzene rings is 2. The second-order valence-electron chi connectivity index (χ2n) is 4.61. The standard InChI is InChI=1S/C15H13BrClN3O3/c16-11-3-1-2-10(8-11)15(21)19-7-6-18-14-9-12(20(22)23)4-5-13(14)17/h1-5,8-9,18H,6-7H2,(H,19,21). The monoisotopic (exact) mass is 397 g/mol. The largest absolute Gasteiger partial charge is 0.382 e. The summed E-state index contributed by atoms with van der Waals surface area (Å²) < 4.78 is 0.826. The number of nitro benzene ring substituents is 1. The van der Waals surface area contributed by atoms with Crippen LogP contribution in [0.25, 0.3) is 0 Å². The van der Waals surface area contributed by atoms with Crippen molar-refractivity contribution in [3.63, 3.8) is 0 Å². The molecule has 0 aliphatic heterocycles. The fourth-order valence-corrected chi connectivity index (χ4v) is 2.45. The number of hydrogen-bond acceptors (Lipinski definition) is 4. The lowest BCUT2D eigenvalue weighted by Crippen LogP contribution is -2.28. The van der Waals surface area contributed by atoms with Crippen LogP contribution in [0.1, 0.15) is 10.4 Å². The van der Waals surface area contributed by atoms with Gasteiger partial charge < -0.3 is 10.6 Å². The molecule has 2 N–H and O–H groups in total. The molecule has 23 heavy (non-hydrogen) atoms. The molecule has 0 aliphatic rings. The molecule has 0 bridgehead atoms. The maximum absolute atomic E-state index is 11.9. The Labute approximate surface area is 146 Å². The van der Waals surface area contributed by atoms with E-state index in [1.165, 1.54) is 18.2 Å². The predicted molar refractivity (Wildman–Crippen MR) is 93.1 cm³/mol. The van der Waals surface area contributed by atoms with Crippen molar-refractivity contribution in [1.82, 2.24) is 5.32 Å². The van der Waals surface area contributed by atoms with Gasteiger partial charge in [-0.15, -0.1) is 0 Å². The van der Waals surface area contributed by atoms with Crippen molar-refractivity contribution in [2.24, 2.45) is 0 Å². The number of anilines is 1. The van der Waals surface area contributed by atoms with E-state index in [1.807, 2.05) is 6.07 Å². The lowest BCUT2D eigenvalue weighted by atomic mass is 10.2. The van der Waals surface area contributed by atoms with Crippen molar-refractivity contribution in [2.45, 2.75) is 0 Å². The van der Waals surface area contributed by atoms with Crippen molar-refractivity contribution in [3.05, 3.63) is 67.6 Å². The van der Waals surface area contributed by atoms with Gasteiger partial charge in [0.15, 0.2) is 0 Å². The molecule has 6 nitrogen and oxygen atoms in total. The highest BCUT2D eigenvalue weighted by atomic mass is 79.9. The van der Waals surface area contributed by atoms with Crippen molar-refractivity contribution in [3.8, 4) is 0 Å². The Bertz CT molecular complexity index is 740.